The fourth-order valence-electron chi connectivity index (χ4n) is 3.17. The molecule has 3 aromatic rings. The van der Waals surface area contributed by atoms with Gasteiger partial charge in [-0.25, -0.2) is 4.98 Å². The van der Waals surface area contributed by atoms with Crippen LogP contribution in [0.1, 0.15) is 33.3 Å². The monoisotopic (exact) mass is 411 g/mol. The third-order valence-corrected chi connectivity index (χ3v) is 6.17. The second-order valence-electron chi connectivity index (χ2n) is 6.75. The molecule has 1 fully saturated rings. The van der Waals surface area contributed by atoms with Crippen molar-refractivity contribution in [3.05, 3.63) is 75.8 Å². The molecule has 5 nitrogen and oxygen atoms in total. The second kappa shape index (κ2) is 7.73. The van der Waals surface area contributed by atoms with E-state index in [4.69, 9.17) is 11.6 Å². The zero-order valence-corrected chi connectivity index (χ0v) is 16.7. The molecule has 7 heteroatoms. The van der Waals surface area contributed by atoms with E-state index in [1.54, 1.807) is 6.92 Å². The highest BCUT2D eigenvalue weighted by Crippen LogP contribution is 2.47. The molecule has 2 N–H and O–H groups in total. The molecule has 0 spiro atoms. The first-order valence-electron chi connectivity index (χ1n) is 8.91. The predicted molar refractivity (Wildman–Crippen MR) is 110 cm³/mol. The van der Waals surface area contributed by atoms with E-state index in [0.717, 1.165) is 22.6 Å². The van der Waals surface area contributed by atoms with E-state index in [1.165, 1.54) is 11.3 Å². The molecule has 1 heterocycles. The lowest BCUT2D eigenvalue weighted by molar-refractivity contribution is -0.123. The van der Waals surface area contributed by atoms with E-state index in [2.05, 4.69) is 15.8 Å². The maximum Gasteiger partial charge on any atom is 0.281 e. The van der Waals surface area contributed by atoms with Gasteiger partial charge in [0.25, 0.3) is 5.91 Å². The van der Waals surface area contributed by atoms with E-state index in [9.17, 15) is 9.59 Å². The topological polar surface area (TPSA) is 71.1 Å². The molecule has 1 saturated carbocycles. The molecular formula is C21H18ClN3O2S. The smallest absolute Gasteiger partial charge is 0.273 e. The molecule has 2 amide bonds. The number of rotatable bonds is 4. The summed E-state index contributed by atoms with van der Waals surface area (Å²) in [5.74, 6) is -0.555. The van der Waals surface area contributed by atoms with Crippen LogP contribution in [0.15, 0.2) is 54.6 Å². The van der Waals surface area contributed by atoms with Crippen LogP contribution in [0.2, 0.25) is 5.02 Å². The number of hydrogen-bond donors (Lipinski definition) is 2. The quantitative estimate of drug-likeness (QED) is 0.627. The van der Waals surface area contributed by atoms with Crippen molar-refractivity contribution in [2.24, 2.45) is 5.92 Å². The van der Waals surface area contributed by atoms with Crippen LogP contribution in [0.5, 0.6) is 0 Å². The van der Waals surface area contributed by atoms with Crippen LogP contribution in [0.3, 0.4) is 0 Å². The first-order valence-corrected chi connectivity index (χ1v) is 10.1. The minimum Gasteiger partial charge on any atom is -0.273 e. The number of hydrazine groups is 1. The lowest BCUT2D eigenvalue weighted by Gasteiger charge is -2.06. The van der Waals surface area contributed by atoms with Crippen molar-refractivity contribution in [3.8, 4) is 10.6 Å². The second-order valence-corrected chi connectivity index (χ2v) is 8.18. The van der Waals surface area contributed by atoms with E-state index in [-0.39, 0.29) is 23.7 Å². The summed E-state index contributed by atoms with van der Waals surface area (Å²) in [6, 6.07) is 17.2. The summed E-state index contributed by atoms with van der Waals surface area (Å²) >= 11 is 7.32. The van der Waals surface area contributed by atoms with E-state index in [1.807, 2.05) is 54.6 Å². The van der Waals surface area contributed by atoms with Crippen LogP contribution in [0.25, 0.3) is 10.6 Å². The van der Waals surface area contributed by atoms with Gasteiger partial charge >= 0.3 is 0 Å². The van der Waals surface area contributed by atoms with Gasteiger partial charge in [-0.2, -0.15) is 0 Å². The highest BCUT2D eigenvalue weighted by molar-refractivity contribution is 7.17. The molecule has 1 aliphatic rings. The lowest BCUT2D eigenvalue weighted by atomic mass is 10.1. The van der Waals surface area contributed by atoms with Crippen LogP contribution in [0.4, 0.5) is 0 Å². The van der Waals surface area contributed by atoms with Gasteiger partial charge in [-0.1, -0.05) is 54.1 Å². The first kappa shape index (κ1) is 18.7. The Morgan fingerprint density at radius 1 is 1.11 bits per heavy atom. The van der Waals surface area contributed by atoms with Gasteiger partial charge in [0.05, 0.1) is 5.69 Å². The summed E-state index contributed by atoms with van der Waals surface area (Å²) in [4.78, 5) is 29.8. The van der Waals surface area contributed by atoms with Gasteiger partial charge in [-0.15, -0.1) is 11.3 Å². The number of nitrogens with zero attached hydrogens (tertiary/aromatic N) is 1. The van der Waals surface area contributed by atoms with E-state index in [0.29, 0.717) is 15.6 Å². The molecule has 4 rings (SSSR count). The summed E-state index contributed by atoms with van der Waals surface area (Å²) in [7, 11) is 0. The summed E-state index contributed by atoms with van der Waals surface area (Å²) in [6.07, 6.45) is 0.750. The minimum atomic E-state index is -0.356. The standard InChI is InChI=1S/C21H18ClN3O2S/c1-12-18(28-21(23-12)13-6-3-2-4-7-13)20(27)25-24-19(26)17-11-16(17)14-8-5-9-15(22)10-14/h2-10,16-17H,11H2,1H3,(H,24,26)(H,25,27). The van der Waals surface area contributed by atoms with E-state index < -0.39 is 0 Å². The first-order chi connectivity index (χ1) is 13.5. The number of aryl methyl sites for hydroxylation is 1. The number of hydrogen-bond acceptors (Lipinski definition) is 4. The average Bonchev–Trinajstić information content (AvgIpc) is 3.42. The van der Waals surface area contributed by atoms with Crippen molar-refractivity contribution in [2.75, 3.05) is 0 Å². The van der Waals surface area contributed by atoms with Gasteiger partial charge in [-0.05, 0) is 37.0 Å². The molecule has 0 aliphatic heterocycles. The summed E-state index contributed by atoms with van der Waals surface area (Å²) < 4.78 is 0. The van der Waals surface area contributed by atoms with Crippen molar-refractivity contribution in [3.63, 3.8) is 0 Å². The maximum absolute atomic E-state index is 12.5. The maximum atomic E-state index is 12.5. The van der Waals surface area contributed by atoms with Crippen molar-refractivity contribution in [2.45, 2.75) is 19.3 Å². The predicted octanol–water partition coefficient (Wildman–Crippen LogP) is 4.34. The summed E-state index contributed by atoms with van der Waals surface area (Å²) in [6.45, 7) is 1.79. The summed E-state index contributed by atoms with van der Waals surface area (Å²) in [5, 5.41) is 1.43. The average molecular weight is 412 g/mol. The molecule has 2 unspecified atom stereocenters. The molecule has 142 valence electrons. The fraction of sp³-hybridized carbons (Fsp3) is 0.190. The Bertz CT molecular complexity index is 1040. The van der Waals surface area contributed by atoms with Crippen molar-refractivity contribution in [1.82, 2.24) is 15.8 Å². The van der Waals surface area contributed by atoms with E-state index >= 15 is 0 Å². The number of halogens is 1. The third-order valence-electron chi connectivity index (χ3n) is 4.73. The van der Waals surface area contributed by atoms with Gasteiger partial charge in [0.1, 0.15) is 9.88 Å². The summed E-state index contributed by atoms with van der Waals surface area (Å²) in [5.41, 5.74) is 7.70. The van der Waals surface area contributed by atoms with Crippen LogP contribution >= 0.6 is 22.9 Å². The molecule has 0 bridgehead atoms. The fourth-order valence-corrected chi connectivity index (χ4v) is 4.34. The van der Waals surface area contributed by atoms with Crippen LogP contribution in [-0.2, 0) is 4.79 Å². The Kier molecular flexibility index (Phi) is 5.15. The van der Waals surface area contributed by atoms with Gasteiger partial charge in [0.2, 0.25) is 5.91 Å². The number of aromatic nitrogens is 1. The highest BCUT2D eigenvalue weighted by atomic mass is 35.5. The normalized spacial score (nSPS) is 17.8. The highest BCUT2D eigenvalue weighted by Gasteiger charge is 2.44. The number of amides is 2. The molecule has 28 heavy (non-hydrogen) atoms. The number of benzene rings is 2. The molecular weight excluding hydrogens is 394 g/mol. The molecule has 1 aromatic heterocycles. The third kappa shape index (κ3) is 3.93. The number of carbonyl (C=O) groups excluding carboxylic acids is 2. The van der Waals surface area contributed by atoms with Gasteiger partial charge in [-0.3, -0.25) is 20.4 Å². The van der Waals surface area contributed by atoms with Crippen molar-refractivity contribution < 1.29 is 9.59 Å². The number of nitrogens with one attached hydrogen (secondary N) is 2. The van der Waals surface area contributed by atoms with Gasteiger partial charge in [0, 0.05) is 16.5 Å². The Labute approximate surface area is 171 Å². The van der Waals surface area contributed by atoms with Gasteiger partial charge in [0.15, 0.2) is 0 Å². The van der Waals surface area contributed by atoms with Crippen LogP contribution < -0.4 is 10.9 Å². The molecule has 0 radical (unpaired) electrons. The Balaban J connectivity index is 1.36. The van der Waals surface area contributed by atoms with Crippen LogP contribution in [-0.4, -0.2) is 16.8 Å². The lowest BCUT2D eigenvalue weighted by Crippen LogP contribution is -2.42. The Morgan fingerprint density at radius 3 is 2.64 bits per heavy atom. The Morgan fingerprint density at radius 2 is 1.89 bits per heavy atom. The molecule has 1 aliphatic carbocycles. The molecule has 2 atom stereocenters. The number of carbonyl (C=O) groups is 2. The van der Waals surface area contributed by atoms with Crippen LogP contribution in [0, 0.1) is 12.8 Å². The van der Waals surface area contributed by atoms with Gasteiger partial charge < -0.3 is 0 Å². The zero-order chi connectivity index (χ0) is 19.7. The Hall–Kier alpha value is -2.70. The SMILES string of the molecule is Cc1nc(-c2ccccc2)sc1C(=O)NNC(=O)C1CC1c1cccc(Cl)c1. The van der Waals surface area contributed by atoms with Crippen molar-refractivity contribution in [1.29, 1.82) is 0 Å². The molecule has 0 saturated heterocycles. The minimum absolute atomic E-state index is 0.144. The van der Waals surface area contributed by atoms with Crippen molar-refractivity contribution >= 4 is 34.8 Å². The zero-order valence-electron chi connectivity index (χ0n) is 15.1. The number of thiazole rings is 1. The largest absolute Gasteiger partial charge is 0.281 e. The molecule has 2 aromatic carbocycles.